The van der Waals surface area contributed by atoms with Crippen molar-refractivity contribution in [2.24, 2.45) is 0 Å². The van der Waals surface area contributed by atoms with Gasteiger partial charge in [0.2, 0.25) is 5.91 Å². The van der Waals surface area contributed by atoms with E-state index in [9.17, 15) is 18.0 Å². The number of amides is 1. The molecule has 1 atom stereocenters. The van der Waals surface area contributed by atoms with Gasteiger partial charge in [-0.25, -0.2) is 13.1 Å². The lowest BCUT2D eigenvalue weighted by molar-refractivity contribution is -0.144. The average molecular weight is 387 g/mol. The topological polar surface area (TPSA) is 107 Å². The highest BCUT2D eigenvalue weighted by Gasteiger charge is 2.34. The predicted molar refractivity (Wildman–Crippen MR) is 94.0 cm³/mol. The van der Waals surface area contributed by atoms with Gasteiger partial charge in [-0.15, -0.1) is 0 Å². The van der Waals surface area contributed by atoms with Crippen LogP contribution in [-0.2, 0) is 35.7 Å². The molecule has 0 aromatic carbocycles. The van der Waals surface area contributed by atoms with Crippen LogP contribution < -0.4 is 5.32 Å². The monoisotopic (exact) mass is 387 g/mol. The SMILES string of the molecule is CCOC(=O)CCC(=O)Nc1c2c(nn1C1CCS(=O)(=O)C1)CSC2. The van der Waals surface area contributed by atoms with E-state index in [1.54, 1.807) is 23.4 Å². The van der Waals surface area contributed by atoms with Crippen LogP contribution in [-0.4, -0.2) is 48.2 Å². The zero-order chi connectivity index (χ0) is 18.0. The van der Waals surface area contributed by atoms with Crippen LogP contribution in [0.4, 0.5) is 5.82 Å². The van der Waals surface area contributed by atoms with E-state index in [1.165, 1.54) is 0 Å². The third kappa shape index (κ3) is 4.17. The van der Waals surface area contributed by atoms with Gasteiger partial charge in [-0.1, -0.05) is 0 Å². The Labute approximate surface area is 150 Å². The van der Waals surface area contributed by atoms with E-state index in [0.717, 1.165) is 22.8 Å². The highest BCUT2D eigenvalue weighted by molar-refractivity contribution is 7.98. The van der Waals surface area contributed by atoms with Crippen molar-refractivity contribution in [3.8, 4) is 0 Å². The number of rotatable bonds is 6. The van der Waals surface area contributed by atoms with Crippen LogP contribution in [0, 0.1) is 0 Å². The fourth-order valence-electron chi connectivity index (χ4n) is 3.04. The minimum absolute atomic E-state index is 0.0164. The molecule has 138 valence electrons. The smallest absolute Gasteiger partial charge is 0.306 e. The zero-order valence-corrected chi connectivity index (χ0v) is 15.6. The summed E-state index contributed by atoms with van der Waals surface area (Å²) in [7, 11) is -3.05. The summed E-state index contributed by atoms with van der Waals surface area (Å²) in [6.07, 6.45) is 0.541. The van der Waals surface area contributed by atoms with E-state index in [-0.39, 0.29) is 42.9 Å². The third-order valence-electron chi connectivity index (χ3n) is 4.25. The van der Waals surface area contributed by atoms with Crippen LogP contribution in [0.3, 0.4) is 0 Å². The summed E-state index contributed by atoms with van der Waals surface area (Å²) in [5.74, 6) is 1.56. The molecule has 0 saturated carbocycles. The van der Waals surface area contributed by atoms with E-state index in [0.29, 0.717) is 12.2 Å². The standard InChI is InChI=1S/C15H21N3O5S2/c1-2-23-14(20)4-3-13(19)16-15-11-7-24-8-12(11)17-18(15)10-5-6-25(21,22)9-10/h10H,2-9H2,1H3,(H,16,19). The largest absolute Gasteiger partial charge is 0.466 e. The summed E-state index contributed by atoms with van der Waals surface area (Å²) < 4.78 is 30.0. The molecule has 1 aromatic heterocycles. The lowest BCUT2D eigenvalue weighted by atomic mass is 10.2. The maximum absolute atomic E-state index is 12.2. The van der Waals surface area contributed by atoms with Gasteiger partial charge in [0.15, 0.2) is 9.84 Å². The Bertz CT molecular complexity index is 787. The Kier molecular flexibility index (Phi) is 5.38. The van der Waals surface area contributed by atoms with Gasteiger partial charge in [0.1, 0.15) is 5.82 Å². The second-order valence-electron chi connectivity index (χ2n) is 6.12. The Balaban J connectivity index is 1.74. The van der Waals surface area contributed by atoms with Crippen LogP contribution in [0.5, 0.6) is 0 Å². The Morgan fingerprint density at radius 2 is 2.16 bits per heavy atom. The first-order valence-electron chi connectivity index (χ1n) is 8.23. The molecule has 1 saturated heterocycles. The van der Waals surface area contributed by atoms with Crippen molar-refractivity contribution in [2.45, 2.75) is 43.7 Å². The molecule has 8 nitrogen and oxygen atoms in total. The lowest BCUT2D eigenvalue weighted by Gasteiger charge is -2.15. The van der Waals surface area contributed by atoms with Crippen molar-refractivity contribution < 1.29 is 22.7 Å². The number of nitrogens with one attached hydrogen (secondary N) is 1. The number of nitrogens with zero attached hydrogens (tertiary/aromatic N) is 2. The van der Waals surface area contributed by atoms with Gasteiger partial charge >= 0.3 is 5.97 Å². The summed E-state index contributed by atoms with van der Waals surface area (Å²) in [6, 6.07) is -0.249. The molecule has 1 amide bonds. The van der Waals surface area contributed by atoms with Crippen LogP contribution in [0.25, 0.3) is 0 Å². The molecule has 3 rings (SSSR count). The molecule has 1 aromatic rings. The minimum Gasteiger partial charge on any atom is -0.466 e. The van der Waals surface area contributed by atoms with E-state index in [2.05, 4.69) is 10.4 Å². The molecule has 0 radical (unpaired) electrons. The molecule has 0 bridgehead atoms. The number of ether oxygens (including phenoxy) is 1. The first-order chi connectivity index (χ1) is 11.9. The first-order valence-corrected chi connectivity index (χ1v) is 11.2. The number of carbonyl (C=O) groups is 2. The number of carbonyl (C=O) groups excluding carboxylic acids is 2. The van der Waals surface area contributed by atoms with Gasteiger partial charge in [-0.3, -0.25) is 9.59 Å². The summed E-state index contributed by atoms with van der Waals surface area (Å²) in [4.78, 5) is 23.6. The number of esters is 1. The second-order valence-corrected chi connectivity index (χ2v) is 9.34. The van der Waals surface area contributed by atoms with Gasteiger partial charge in [0, 0.05) is 23.5 Å². The first kappa shape index (κ1) is 18.2. The molecule has 0 spiro atoms. The quantitative estimate of drug-likeness (QED) is 0.733. The molecular weight excluding hydrogens is 366 g/mol. The van der Waals surface area contributed by atoms with Gasteiger partial charge in [0.05, 0.1) is 36.3 Å². The van der Waals surface area contributed by atoms with E-state index in [4.69, 9.17) is 4.74 Å². The molecule has 1 fully saturated rings. The maximum atomic E-state index is 12.2. The second kappa shape index (κ2) is 7.36. The number of hydrogen-bond acceptors (Lipinski definition) is 7. The van der Waals surface area contributed by atoms with Crippen molar-refractivity contribution in [3.05, 3.63) is 11.3 Å². The molecular formula is C15H21N3O5S2. The third-order valence-corrected chi connectivity index (χ3v) is 6.97. The van der Waals surface area contributed by atoms with Crippen molar-refractivity contribution in [1.29, 1.82) is 0 Å². The molecule has 1 unspecified atom stereocenters. The van der Waals surface area contributed by atoms with Gasteiger partial charge in [-0.05, 0) is 13.3 Å². The van der Waals surface area contributed by atoms with Crippen molar-refractivity contribution in [2.75, 3.05) is 23.4 Å². The molecule has 2 aliphatic heterocycles. The molecule has 10 heteroatoms. The summed E-state index contributed by atoms with van der Waals surface area (Å²) in [5, 5.41) is 7.38. The molecule has 3 heterocycles. The van der Waals surface area contributed by atoms with Crippen LogP contribution in [0.1, 0.15) is 43.5 Å². The number of sulfone groups is 1. The summed E-state index contributed by atoms with van der Waals surface area (Å²) >= 11 is 1.71. The van der Waals surface area contributed by atoms with Gasteiger partial charge < -0.3 is 10.1 Å². The van der Waals surface area contributed by atoms with Gasteiger partial charge in [0.25, 0.3) is 0 Å². The van der Waals surface area contributed by atoms with Crippen molar-refractivity contribution in [1.82, 2.24) is 9.78 Å². The van der Waals surface area contributed by atoms with E-state index >= 15 is 0 Å². The van der Waals surface area contributed by atoms with Crippen LogP contribution in [0.15, 0.2) is 0 Å². The van der Waals surface area contributed by atoms with E-state index < -0.39 is 15.8 Å². The maximum Gasteiger partial charge on any atom is 0.306 e. The average Bonchev–Trinajstić information content (AvgIpc) is 3.21. The van der Waals surface area contributed by atoms with Crippen molar-refractivity contribution in [3.63, 3.8) is 0 Å². The Morgan fingerprint density at radius 3 is 2.84 bits per heavy atom. The Morgan fingerprint density at radius 1 is 1.36 bits per heavy atom. The Hall–Kier alpha value is -1.55. The number of hydrogen-bond donors (Lipinski definition) is 1. The fourth-order valence-corrected chi connectivity index (χ4v) is 5.77. The number of anilines is 1. The number of fused-ring (bicyclic) bond motifs is 1. The highest BCUT2D eigenvalue weighted by Crippen LogP contribution is 2.38. The normalized spacial score (nSPS) is 21.1. The lowest BCUT2D eigenvalue weighted by Crippen LogP contribution is -2.21. The van der Waals surface area contributed by atoms with Crippen molar-refractivity contribution >= 4 is 39.3 Å². The molecule has 2 aliphatic rings. The zero-order valence-electron chi connectivity index (χ0n) is 14.0. The predicted octanol–water partition coefficient (Wildman–Crippen LogP) is 1.27. The summed E-state index contributed by atoms with van der Waals surface area (Å²) in [5.41, 5.74) is 1.86. The molecule has 0 aliphatic carbocycles. The van der Waals surface area contributed by atoms with Crippen LogP contribution >= 0.6 is 11.8 Å². The van der Waals surface area contributed by atoms with Crippen LogP contribution in [0.2, 0.25) is 0 Å². The molecule has 25 heavy (non-hydrogen) atoms. The highest BCUT2D eigenvalue weighted by atomic mass is 32.2. The number of aromatic nitrogens is 2. The molecule has 1 N–H and O–H groups in total. The van der Waals surface area contributed by atoms with E-state index in [1.807, 2.05) is 0 Å². The minimum atomic E-state index is -3.05. The number of thioether (sulfide) groups is 1. The van der Waals surface area contributed by atoms with Gasteiger partial charge in [-0.2, -0.15) is 16.9 Å². The fraction of sp³-hybridized carbons (Fsp3) is 0.667. The summed E-state index contributed by atoms with van der Waals surface area (Å²) in [6.45, 7) is 2.00.